The molecule has 1 aliphatic rings. The van der Waals surface area contributed by atoms with Crippen molar-refractivity contribution in [3.63, 3.8) is 0 Å². The number of nitrogens with one attached hydrogen (secondary N) is 1. The average Bonchev–Trinajstić information content (AvgIpc) is 3.29. The van der Waals surface area contributed by atoms with Crippen LogP contribution in [-0.2, 0) is 16.0 Å². The number of anilines is 2. The van der Waals surface area contributed by atoms with Gasteiger partial charge in [0.1, 0.15) is 5.01 Å². The van der Waals surface area contributed by atoms with E-state index in [-0.39, 0.29) is 18.2 Å². The molecular weight excluding hydrogens is 396 g/mol. The van der Waals surface area contributed by atoms with Crippen LogP contribution in [0, 0.1) is 5.92 Å². The minimum Gasteiger partial charge on any atom is -0.310 e. The maximum absolute atomic E-state index is 12.6. The Balaban J connectivity index is 1.39. The number of nitrogens with zero attached hydrogens (tertiary/aromatic N) is 3. The molecule has 1 unspecified atom stereocenters. The minimum absolute atomic E-state index is 0.115. The number of para-hydroxylation sites is 1. The summed E-state index contributed by atoms with van der Waals surface area (Å²) in [6.07, 6.45) is 0.809. The topological polar surface area (TPSA) is 75.2 Å². The summed E-state index contributed by atoms with van der Waals surface area (Å²) in [6, 6.07) is 17.1. The maximum Gasteiger partial charge on any atom is 0.231 e. The van der Waals surface area contributed by atoms with Crippen molar-refractivity contribution in [2.75, 3.05) is 16.8 Å². The van der Waals surface area contributed by atoms with Crippen molar-refractivity contribution in [3.05, 3.63) is 70.2 Å². The van der Waals surface area contributed by atoms with E-state index >= 15 is 0 Å². The summed E-state index contributed by atoms with van der Waals surface area (Å²) in [7, 11) is 0. The van der Waals surface area contributed by atoms with Gasteiger partial charge < -0.3 is 10.2 Å². The lowest BCUT2D eigenvalue weighted by atomic mass is 10.1. The third-order valence-electron chi connectivity index (χ3n) is 4.53. The lowest BCUT2D eigenvalue weighted by Gasteiger charge is -2.17. The Morgan fingerprint density at radius 3 is 2.68 bits per heavy atom. The fourth-order valence-corrected chi connectivity index (χ4v) is 4.15. The van der Waals surface area contributed by atoms with Crippen molar-refractivity contribution in [3.8, 4) is 0 Å². The van der Waals surface area contributed by atoms with Crippen LogP contribution in [0.5, 0.6) is 0 Å². The van der Waals surface area contributed by atoms with E-state index in [9.17, 15) is 9.59 Å². The van der Waals surface area contributed by atoms with Gasteiger partial charge >= 0.3 is 0 Å². The second-order valence-corrected chi connectivity index (χ2v) is 7.98. The number of rotatable bonds is 5. The molecule has 28 heavy (non-hydrogen) atoms. The first-order chi connectivity index (χ1) is 13.6. The predicted molar refractivity (Wildman–Crippen MR) is 110 cm³/mol. The van der Waals surface area contributed by atoms with Crippen LogP contribution in [0.4, 0.5) is 10.8 Å². The molecule has 1 atom stereocenters. The second kappa shape index (κ2) is 8.08. The molecule has 2 heterocycles. The summed E-state index contributed by atoms with van der Waals surface area (Å²) in [4.78, 5) is 26.5. The van der Waals surface area contributed by atoms with Crippen LogP contribution < -0.4 is 10.2 Å². The van der Waals surface area contributed by atoms with Gasteiger partial charge in [0.2, 0.25) is 16.9 Å². The minimum atomic E-state index is -0.453. The molecule has 1 N–H and O–H groups in total. The SMILES string of the molecule is O=C(Nc1nnc(Cc2ccccc2)s1)C1CC(=O)N(c2ccccc2Cl)C1. The lowest BCUT2D eigenvalue weighted by Crippen LogP contribution is -2.28. The summed E-state index contributed by atoms with van der Waals surface area (Å²) < 4.78 is 0. The summed E-state index contributed by atoms with van der Waals surface area (Å²) in [5.74, 6) is -0.800. The lowest BCUT2D eigenvalue weighted by molar-refractivity contribution is -0.122. The number of halogens is 1. The Hall–Kier alpha value is -2.77. The summed E-state index contributed by atoms with van der Waals surface area (Å²) in [5, 5.41) is 12.7. The zero-order chi connectivity index (χ0) is 19.5. The highest BCUT2D eigenvalue weighted by molar-refractivity contribution is 7.15. The van der Waals surface area contributed by atoms with E-state index in [0.29, 0.717) is 28.8 Å². The fourth-order valence-electron chi connectivity index (χ4n) is 3.14. The van der Waals surface area contributed by atoms with Crippen molar-refractivity contribution in [2.45, 2.75) is 12.8 Å². The summed E-state index contributed by atoms with van der Waals surface area (Å²) >= 11 is 7.53. The highest BCUT2D eigenvalue weighted by Crippen LogP contribution is 2.31. The molecule has 0 spiro atoms. The van der Waals surface area contributed by atoms with E-state index in [1.165, 1.54) is 11.3 Å². The molecule has 1 fully saturated rings. The average molecular weight is 413 g/mol. The summed E-state index contributed by atoms with van der Waals surface area (Å²) in [6.45, 7) is 0.296. The third-order valence-corrected chi connectivity index (χ3v) is 5.69. The molecule has 2 amide bonds. The molecule has 3 aromatic rings. The van der Waals surface area contributed by atoms with Crippen LogP contribution in [-0.4, -0.2) is 28.6 Å². The Kier molecular flexibility index (Phi) is 5.36. The van der Waals surface area contributed by atoms with Gasteiger partial charge in [0.25, 0.3) is 0 Å². The molecular formula is C20H17ClN4O2S. The molecule has 0 aliphatic carbocycles. The second-order valence-electron chi connectivity index (χ2n) is 6.51. The monoisotopic (exact) mass is 412 g/mol. The Morgan fingerprint density at radius 1 is 1.14 bits per heavy atom. The zero-order valence-electron chi connectivity index (χ0n) is 14.8. The number of carbonyl (C=O) groups excluding carboxylic acids is 2. The van der Waals surface area contributed by atoms with Crippen LogP contribution in [0.3, 0.4) is 0 Å². The first kappa shape index (κ1) is 18.6. The van der Waals surface area contributed by atoms with Crippen molar-refractivity contribution < 1.29 is 9.59 Å². The number of hydrogen-bond donors (Lipinski definition) is 1. The van der Waals surface area contributed by atoms with Crippen LogP contribution in [0.2, 0.25) is 5.02 Å². The molecule has 0 bridgehead atoms. The van der Waals surface area contributed by atoms with Gasteiger partial charge in [-0.1, -0.05) is 65.4 Å². The van der Waals surface area contributed by atoms with E-state index in [2.05, 4.69) is 15.5 Å². The third kappa shape index (κ3) is 4.05. The van der Waals surface area contributed by atoms with Gasteiger partial charge in [-0.3, -0.25) is 9.59 Å². The molecule has 0 radical (unpaired) electrons. The molecule has 1 aliphatic heterocycles. The predicted octanol–water partition coefficient (Wildman–Crippen LogP) is 3.77. The van der Waals surface area contributed by atoms with E-state index < -0.39 is 5.92 Å². The van der Waals surface area contributed by atoms with Gasteiger partial charge in [-0.25, -0.2) is 0 Å². The quantitative estimate of drug-likeness (QED) is 0.692. The highest BCUT2D eigenvalue weighted by Gasteiger charge is 2.36. The normalized spacial score (nSPS) is 16.4. The number of benzene rings is 2. The van der Waals surface area contributed by atoms with Gasteiger partial charge in [-0.2, -0.15) is 0 Å². The van der Waals surface area contributed by atoms with Crippen LogP contribution in [0.1, 0.15) is 17.0 Å². The smallest absolute Gasteiger partial charge is 0.231 e. The number of carbonyl (C=O) groups is 2. The fraction of sp³-hybridized carbons (Fsp3) is 0.200. The standard InChI is InChI=1S/C20H17ClN4O2S/c21-15-8-4-5-9-16(15)25-12-14(11-18(25)26)19(27)22-20-24-23-17(28-20)10-13-6-2-1-3-7-13/h1-9,14H,10-12H2,(H,22,24,27). The van der Waals surface area contributed by atoms with Crippen LogP contribution in [0.25, 0.3) is 0 Å². The Bertz CT molecular complexity index is 1010. The highest BCUT2D eigenvalue weighted by atomic mass is 35.5. The first-order valence-electron chi connectivity index (χ1n) is 8.82. The summed E-state index contributed by atoms with van der Waals surface area (Å²) in [5.41, 5.74) is 1.76. The molecule has 0 saturated carbocycles. The molecule has 1 saturated heterocycles. The van der Waals surface area contributed by atoms with E-state index in [1.807, 2.05) is 36.4 Å². The van der Waals surface area contributed by atoms with Gasteiger partial charge in [-0.05, 0) is 17.7 Å². The van der Waals surface area contributed by atoms with E-state index in [0.717, 1.165) is 10.6 Å². The van der Waals surface area contributed by atoms with Gasteiger partial charge in [0.05, 0.1) is 16.6 Å². The molecule has 142 valence electrons. The molecule has 4 rings (SSSR count). The number of amides is 2. The van der Waals surface area contributed by atoms with Crippen LogP contribution in [0.15, 0.2) is 54.6 Å². The molecule has 2 aromatic carbocycles. The first-order valence-corrected chi connectivity index (χ1v) is 10.0. The Morgan fingerprint density at radius 2 is 1.89 bits per heavy atom. The number of aromatic nitrogens is 2. The van der Waals surface area contributed by atoms with Crippen molar-refractivity contribution >= 4 is 45.6 Å². The Labute approximate surface area is 171 Å². The van der Waals surface area contributed by atoms with Gasteiger partial charge in [0.15, 0.2) is 0 Å². The largest absolute Gasteiger partial charge is 0.310 e. The molecule has 8 heteroatoms. The molecule has 1 aromatic heterocycles. The van der Waals surface area contributed by atoms with Gasteiger partial charge in [0, 0.05) is 19.4 Å². The van der Waals surface area contributed by atoms with E-state index in [4.69, 9.17) is 11.6 Å². The van der Waals surface area contributed by atoms with Gasteiger partial charge in [-0.15, -0.1) is 10.2 Å². The maximum atomic E-state index is 12.6. The number of hydrogen-bond acceptors (Lipinski definition) is 5. The zero-order valence-corrected chi connectivity index (χ0v) is 16.4. The van der Waals surface area contributed by atoms with Crippen molar-refractivity contribution in [1.29, 1.82) is 0 Å². The van der Waals surface area contributed by atoms with Crippen molar-refractivity contribution in [1.82, 2.24) is 10.2 Å². The van der Waals surface area contributed by atoms with E-state index in [1.54, 1.807) is 23.1 Å². The molecule has 6 nitrogen and oxygen atoms in total. The van der Waals surface area contributed by atoms with Crippen molar-refractivity contribution in [2.24, 2.45) is 5.92 Å². The van der Waals surface area contributed by atoms with Crippen LogP contribution >= 0.6 is 22.9 Å².